The standard InChI is InChI=1S/C15H17N3O2S/c1-17-7-11(6-16-17)8-18-9-13-12-4-2-3-5-14(12)21(19,20)15(13)10-18/h2-7,13,15H,8-10H2,1H3. The average Bonchev–Trinajstić information content (AvgIpc) is 3.10. The van der Waals surface area contributed by atoms with Gasteiger partial charge in [0.05, 0.1) is 16.3 Å². The molecule has 2 unspecified atom stereocenters. The van der Waals surface area contributed by atoms with E-state index in [0.29, 0.717) is 11.4 Å². The molecule has 0 radical (unpaired) electrons. The monoisotopic (exact) mass is 303 g/mol. The minimum Gasteiger partial charge on any atom is -0.297 e. The fourth-order valence-electron chi connectivity index (χ4n) is 3.61. The maximum atomic E-state index is 12.6. The van der Waals surface area contributed by atoms with Gasteiger partial charge in [0.1, 0.15) is 0 Å². The van der Waals surface area contributed by atoms with Gasteiger partial charge >= 0.3 is 0 Å². The van der Waals surface area contributed by atoms with E-state index in [1.54, 1.807) is 10.7 Å². The van der Waals surface area contributed by atoms with Crippen LogP contribution >= 0.6 is 0 Å². The number of likely N-dealkylation sites (tertiary alicyclic amines) is 1. The molecule has 0 saturated carbocycles. The van der Waals surface area contributed by atoms with Crippen molar-refractivity contribution in [1.29, 1.82) is 0 Å². The Labute approximate surface area is 124 Å². The van der Waals surface area contributed by atoms with Crippen LogP contribution < -0.4 is 0 Å². The summed E-state index contributed by atoms with van der Waals surface area (Å²) in [4.78, 5) is 2.76. The minimum atomic E-state index is -3.17. The summed E-state index contributed by atoms with van der Waals surface area (Å²) < 4.78 is 27.0. The summed E-state index contributed by atoms with van der Waals surface area (Å²) in [5.41, 5.74) is 2.12. The molecule has 0 amide bonds. The molecule has 1 aromatic carbocycles. The summed E-state index contributed by atoms with van der Waals surface area (Å²) >= 11 is 0. The van der Waals surface area contributed by atoms with Crippen molar-refractivity contribution in [3.63, 3.8) is 0 Å². The Morgan fingerprint density at radius 3 is 2.86 bits per heavy atom. The highest BCUT2D eigenvalue weighted by atomic mass is 32.2. The summed E-state index contributed by atoms with van der Waals surface area (Å²) in [6.07, 6.45) is 3.83. The molecule has 2 aliphatic rings. The maximum absolute atomic E-state index is 12.6. The zero-order valence-electron chi connectivity index (χ0n) is 11.8. The Hall–Kier alpha value is -1.66. The SMILES string of the molecule is Cn1cc(CN2CC3c4ccccc4S(=O)(=O)C3C2)cn1. The van der Waals surface area contributed by atoms with E-state index in [1.807, 2.05) is 37.6 Å². The van der Waals surface area contributed by atoms with E-state index in [0.717, 1.165) is 24.2 Å². The minimum absolute atomic E-state index is 0.114. The van der Waals surface area contributed by atoms with Crippen molar-refractivity contribution in [1.82, 2.24) is 14.7 Å². The quantitative estimate of drug-likeness (QED) is 0.836. The van der Waals surface area contributed by atoms with E-state index < -0.39 is 9.84 Å². The third-order valence-electron chi connectivity index (χ3n) is 4.53. The lowest BCUT2D eigenvalue weighted by molar-refractivity contribution is 0.325. The van der Waals surface area contributed by atoms with Gasteiger partial charge in [0.15, 0.2) is 9.84 Å². The number of hydrogen-bond donors (Lipinski definition) is 0. The van der Waals surface area contributed by atoms with Gasteiger partial charge in [-0.25, -0.2) is 8.42 Å². The van der Waals surface area contributed by atoms with E-state index in [-0.39, 0.29) is 11.2 Å². The largest absolute Gasteiger partial charge is 0.297 e. The Morgan fingerprint density at radius 2 is 2.10 bits per heavy atom. The highest BCUT2D eigenvalue weighted by Crippen LogP contribution is 2.44. The molecule has 2 aliphatic heterocycles. The van der Waals surface area contributed by atoms with Crippen molar-refractivity contribution >= 4 is 9.84 Å². The number of aryl methyl sites for hydroxylation is 1. The van der Waals surface area contributed by atoms with E-state index >= 15 is 0 Å². The molecule has 110 valence electrons. The Balaban J connectivity index is 1.62. The van der Waals surface area contributed by atoms with E-state index in [2.05, 4.69) is 10.00 Å². The number of rotatable bonds is 2. The van der Waals surface area contributed by atoms with Gasteiger partial charge in [-0.1, -0.05) is 18.2 Å². The number of nitrogens with zero attached hydrogens (tertiary/aromatic N) is 3. The second-order valence-corrected chi connectivity index (χ2v) is 8.08. The van der Waals surface area contributed by atoms with Crippen molar-refractivity contribution in [3.05, 3.63) is 47.8 Å². The first kappa shape index (κ1) is 13.0. The second kappa shape index (κ2) is 4.42. The van der Waals surface area contributed by atoms with Crippen LogP contribution in [0.15, 0.2) is 41.6 Å². The number of hydrogen-bond acceptors (Lipinski definition) is 4. The normalized spacial score (nSPS) is 26.7. The lowest BCUT2D eigenvalue weighted by atomic mass is 9.99. The third kappa shape index (κ3) is 1.93. The van der Waals surface area contributed by atoms with Gasteiger partial charge < -0.3 is 0 Å². The van der Waals surface area contributed by atoms with E-state index in [1.165, 1.54) is 0 Å². The molecule has 0 spiro atoms. The van der Waals surface area contributed by atoms with Crippen molar-refractivity contribution in [2.75, 3.05) is 13.1 Å². The number of sulfone groups is 1. The molecule has 0 N–H and O–H groups in total. The van der Waals surface area contributed by atoms with Crippen molar-refractivity contribution < 1.29 is 8.42 Å². The van der Waals surface area contributed by atoms with E-state index in [4.69, 9.17) is 0 Å². The molecule has 2 aromatic rings. The molecule has 5 nitrogen and oxygen atoms in total. The van der Waals surface area contributed by atoms with Crippen LogP contribution in [-0.2, 0) is 23.4 Å². The van der Waals surface area contributed by atoms with Crippen molar-refractivity contribution in [3.8, 4) is 0 Å². The highest BCUT2D eigenvalue weighted by Gasteiger charge is 2.49. The van der Waals surface area contributed by atoms with Crippen LogP contribution in [0.5, 0.6) is 0 Å². The van der Waals surface area contributed by atoms with Crippen LogP contribution in [0.25, 0.3) is 0 Å². The van der Waals surface area contributed by atoms with Crippen LogP contribution in [0.1, 0.15) is 17.0 Å². The predicted octanol–water partition coefficient (Wildman–Crippen LogP) is 1.18. The molecule has 0 bridgehead atoms. The molecular formula is C15H17N3O2S. The molecule has 6 heteroatoms. The molecule has 1 aromatic heterocycles. The molecule has 1 fully saturated rings. The van der Waals surface area contributed by atoms with Gasteiger partial charge in [0.25, 0.3) is 0 Å². The molecule has 4 rings (SSSR count). The molecular weight excluding hydrogens is 286 g/mol. The average molecular weight is 303 g/mol. The van der Waals surface area contributed by atoms with Crippen molar-refractivity contribution in [2.45, 2.75) is 22.6 Å². The van der Waals surface area contributed by atoms with Gasteiger partial charge in [0.2, 0.25) is 0 Å². The summed E-state index contributed by atoms with van der Waals surface area (Å²) in [5, 5.41) is 3.88. The van der Waals surface area contributed by atoms with Gasteiger partial charge in [-0.3, -0.25) is 9.58 Å². The molecule has 2 atom stereocenters. The predicted molar refractivity (Wildman–Crippen MR) is 78.6 cm³/mol. The maximum Gasteiger partial charge on any atom is 0.183 e. The molecule has 21 heavy (non-hydrogen) atoms. The smallest absolute Gasteiger partial charge is 0.183 e. The summed E-state index contributed by atoms with van der Waals surface area (Å²) in [7, 11) is -1.27. The highest BCUT2D eigenvalue weighted by molar-refractivity contribution is 7.92. The summed E-state index contributed by atoms with van der Waals surface area (Å²) in [5.74, 6) is 0.114. The van der Waals surface area contributed by atoms with Gasteiger partial charge in [0, 0.05) is 44.4 Å². The van der Waals surface area contributed by atoms with Crippen LogP contribution in [0.4, 0.5) is 0 Å². The zero-order chi connectivity index (χ0) is 14.6. The summed E-state index contributed by atoms with van der Waals surface area (Å²) in [6, 6.07) is 7.45. The number of fused-ring (bicyclic) bond motifs is 3. The van der Waals surface area contributed by atoms with Crippen LogP contribution in [0.2, 0.25) is 0 Å². The Kier molecular flexibility index (Phi) is 2.74. The lowest BCUT2D eigenvalue weighted by Gasteiger charge is -2.16. The topological polar surface area (TPSA) is 55.2 Å². The van der Waals surface area contributed by atoms with Gasteiger partial charge in [-0.05, 0) is 11.6 Å². The first-order valence-corrected chi connectivity index (χ1v) is 8.63. The first-order chi connectivity index (χ1) is 10.1. The number of benzene rings is 1. The first-order valence-electron chi connectivity index (χ1n) is 7.08. The summed E-state index contributed by atoms with van der Waals surface area (Å²) in [6.45, 7) is 2.17. The zero-order valence-corrected chi connectivity index (χ0v) is 12.6. The van der Waals surface area contributed by atoms with Gasteiger partial charge in [-0.15, -0.1) is 0 Å². The van der Waals surface area contributed by atoms with E-state index in [9.17, 15) is 8.42 Å². The fourth-order valence-corrected chi connectivity index (χ4v) is 5.83. The third-order valence-corrected chi connectivity index (χ3v) is 6.79. The lowest BCUT2D eigenvalue weighted by Crippen LogP contribution is -2.25. The Bertz CT molecular complexity index is 797. The van der Waals surface area contributed by atoms with Crippen LogP contribution in [0, 0.1) is 0 Å². The van der Waals surface area contributed by atoms with Gasteiger partial charge in [-0.2, -0.15) is 5.10 Å². The molecule has 0 aliphatic carbocycles. The van der Waals surface area contributed by atoms with Crippen molar-refractivity contribution in [2.24, 2.45) is 7.05 Å². The van der Waals surface area contributed by atoms with Crippen LogP contribution in [-0.4, -0.2) is 41.4 Å². The fraction of sp³-hybridized carbons (Fsp3) is 0.400. The van der Waals surface area contributed by atoms with Crippen LogP contribution in [0.3, 0.4) is 0 Å². The Morgan fingerprint density at radius 1 is 1.29 bits per heavy atom. The number of aromatic nitrogens is 2. The molecule has 3 heterocycles. The second-order valence-electron chi connectivity index (χ2n) is 5.94. The molecule has 1 saturated heterocycles.